The summed E-state index contributed by atoms with van der Waals surface area (Å²) in [5, 5.41) is 18.8. The Morgan fingerprint density at radius 1 is 0.686 bits per heavy atom. The number of carboxylic acid groups (broad SMARTS) is 2. The Kier molecular flexibility index (Phi) is 14.7. The molecular weight excluding hydrogens is 487 g/mol. The molecule has 0 unspecified atom stereocenters. The number of carboxylic acids is 2. The van der Waals surface area contributed by atoms with Gasteiger partial charge in [-0.3, -0.25) is 0 Å². The average molecular weight is 533 g/mol. The van der Waals surface area contributed by atoms with E-state index in [1.54, 1.807) is 0 Å². The summed E-state index contributed by atoms with van der Waals surface area (Å²) in [6, 6.07) is 2.98. The van der Waals surface area contributed by atoms with E-state index in [0.717, 1.165) is 114 Å². The van der Waals surface area contributed by atoms with Crippen LogP contribution in [0.1, 0.15) is 119 Å². The Hall–Kier alpha value is -1.50. The summed E-state index contributed by atoms with van der Waals surface area (Å²) in [6.45, 7) is 6.41. The van der Waals surface area contributed by atoms with Gasteiger partial charge in [-0.15, -0.1) is 0 Å². The first-order valence-corrected chi connectivity index (χ1v) is 17.1. The van der Waals surface area contributed by atoms with Crippen molar-refractivity contribution in [2.24, 2.45) is 0 Å². The van der Waals surface area contributed by atoms with Crippen molar-refractivity contribution < 1.29 is 32.2 Å². The molecule has 1 aromatic rings. The number of aromatic carboxylic acids is 2. The molecule has 2 N–H and O–H groups in total. The molecule has 0 heterocycles. The van der Waals surface area contributed by atoms with Crippen molar-refractivity contribution in [3.8, 4) is 0 Å². The molecule has 0 aliphatic heterocycles. The molecule has 0 aromatic heterocycles. The summed E-state index contributed by atoms with van der Waals surface area (Å²) in [5.41, 5.74) is -0.763. The fraction of sp³-hybridized carbons (Fsp3) is 0.692. The topological polar surface area (TPSA) is 118 Å². The average Bonchev–Trinajstić information content (AvgIpc) is 2.82. The number of hydrogen-bond donors (Lipinski definition) is 2. The zero-order valence-electron chi connectivity index (χ0n) is 21.7. The van der Waals surface area contributed by atoms with E-state index in [2.05, 4.69) is 20.8 Å². The van der Waals surface area contributed by atoms with E-state index in [1.807, 2.05) is 0 Å². The molecular formula is C26H45O7PS. The second kappa shape index (κ2) is 16.3. The Labute approximate surface area is 212 Å². The Morgan fingerprint density at radius 3 is 1.37 bits per heavy atom. The van der Waals surface area contributed by atoms with Crippen LogP contribution in [-0.4, -0.2) is 49.1 Å². The van der Waals surface area contributed by atoms with Crippen molar-refractivity contribution in [3.63, 3.8) is 0 Å². The van der Waals surface area contributed by atoms with Crippen LogP contribution in [0.5, 0.6) is 0 Å². The molecule has 9 heteroatoms. The number of carbonyl (C=O) groups is 2. The SMILES string of the molecule is CCCCCC[PH](CCCCCC)(CCCCCC)OS(=O)(=O)c1cc(C(=O)O)cc(C(=O)O)c1. The van der Waals surface area contributed by atoms with Gasteiger partial charge in [0.1, 0.15) is 0 Å². The van der Waals surface area contributed by atoms with Gasteiger partial charge in [-0.05, 0) is 0 Å². The third-order valence-corrected chi connectivity index (χ3v) is 13.3. The van der Waals surface area contributed by atoms with Gasteiger partial charge in [-0.2, -0.15) is 0 Å². The second-order valence-corrected chi connectivity index (χ2v) is 15.4. The predicted molar refractivity (Wildman–Crippen MR) is 144 cm³/mol. The first-order chi connectivity index (χ1) is 16.6. The zero-order valence-corrected chi connectivity index (χ0v) is 23.5. The Morgan fingerprint density at radius 2 is 1.06 bits per heavy atom. The normalized spacial score (nSPS) is 12.5. The number of unbranched alkanes of at least 4 members (excludes halogenated alkanes) is 9. The maximum atomic E-state index is 13.5. The Bertz CT molecular complexity index is 835. The third-order valence-electron chi connectivity index (χ3n) is 6.43. The molecule has 7 nitrogen and oxygen atoms in total. The predicted octanol–water partition coefficient (Wildman–Crippen LogP) is 7.19. The van der Waals surface area contributed by atoms with E-state index in [9.17, 15) is 28.2 Å². The van der Waals surface area contributed by atoms with Crippen molar-refractivity contribution in [1.82, 2.24) is 0 Å². The second-order valence-electron chi connectivity index (χ2n) is 9.51. The van der Waals surface area contributed by atoms with Crippen molar-refractivity contribution in [2.75, 3.05) is 18.5 Å². The number of hydrogen-bond acceptors (Lipinski definition) is 5. The van der Waals surface area contributed by atoms with Crippen LogP contribution in [0.15, 0.2) is 23.1 Å². The summed E-state index contributed by atoms with van der Waals surface area (Å²) in [6.07, 6.45) is 14.6. The van der Waals surface area contributed by atoms with Crippen LogP contribution >= 0.6 is 7.49 Å². The van der Waals surface area contributed by atoms with E-state index in [4.69, 9.17) is 3.97 Å². The molecule has 0 fully saturated rings. The van der Waals surface area contributed by atoms with E-state index in [0.29, 0.717) is 0 Å². The van der Waals surface area contributed by atoms with Crippen LogP contribution in [0.25, 0.3) is 0 Å². The fourth-order valence-electron chi connectivity index (χ4n) is 4.39. The summed E-state index contributed by atoms with van der Waals surface area (Å²) in [7, 11) is -7.06. The van der Waals surface area contributed by atoms with Crippen LogP contribution in [0.2, 0.25) is 0 Å². The molecule has 1 aromatic carbocycles. The molecule has 0 radical (unpaired) electrons. The summed E-state index contributed by atoms with van der Waals surface area (Å²) >= 11 is 0. The molecule has 0 amide bonds. The van der Waals surface area contributed by atoms with Crippen molar-refractivity contribution in [3.05, 3.63) is 29.3 Å². The molecule has 0 saturated carbocycles. The van der Waals surface area contributed by atoms with E-state index < -0.39 is 29.5 Å². The summed E-state index contributed by atoms with van der Waals surface area (Å²) in [4.78, 5) is 22.7. The van der Waals surface area contributed by atoms with E-state index in [1.165, 1.54) is 0 Å². The van der Waals surface area contributed by atoms with Gasteiger partial charge >= 0.3 is 212 Å². The van der Waals surface area contributed by atoms with Gasteiger partial charge in [0.2, 0.25) is 0 Å². The maximum absolute atomic E-state index is 13.5. The Balaban J connectivity index is 3.36. The molecule has 0 bridgehead atoms. The van der Waals surface area contributed by atoms with Crippen LogP contribution in [0, 0.1) is 0 Å². The van der Waals surface area contributed by atoms with Crippen LogP contribution in [0.3, 0.4) is 0 Å². The van der Waals surface area contributed by atoms with Gasteiger partial charge in [0.15, 0.2) is 0 Å². The van der Waals surface area contributed by atoms with Gasteiger partial charge < -0.3 is 0 Å². The van der Waals surface area contributed by atoms with E-state index >= 15 is 0 Å². The van der Waals surface area contributed by atoms with E-state index in [-0.39, 0.29) is 16.0 Å². The first kappa shape index (κ1) is 31.5. The molecule has 0 aliphatic rings. The molecule has 0 spiro atoms. The number of benzene rings is 1. The first-order valence-electron chi connectivity index (χ1n) is 13.2. The molecule has 0 atom stereocenters. The summed E-state index contributed by atoms with van der Waals surface area (Å²) in [5.74, 6) is -2.77. The van der Waals surface area contributed by atoms with Gasteiger partial charge in [0.25, 0.3) is 0 Å². The van der Waals surface area contributed by atoms with Gasteiger partial charge in [0, 0.05) is 0 Å². The van der Waals surface area contributed by atoms with Gasteiger partial charge in [0.05, 0.1) is 0 Å². The number of rotatable bonds is 20. The van der Waals surface area contributed by atoms with Crippen molar-refractivity contribution in [2.45, 2.75) is 103 Å². The third kappa shape index (κ3) is 11.4. The quantitative estimate of drug-likeness (QED) is 0.135. The minimum atomic E-state index is -4.32. The van der Waals surface area contributed by atoms with Crippen molar-refractivity contribution in [1.29, 1.82) is 0 Å². The molecule has 0 saturated heterocycles. The fourth-order valence-corrected chi connectivity index (χ4v) is 11.6. The minimum absolute atomic E-state index is 0.381. The van der Waals surface area contributed by atoms with Gasteiger partial charge in [-0.1, -0.05) is 0 Å². The van der Waals surface area contributed by atoms with Crippen molar-refractivity contribution >= 4 is 29.5 Å². The molecule has 1 rings (SSSR count). The van der Waals surface area contributed by atoms with Crippen LogP contribution < -0.4 is 0 Å². The van der Waals surface area contributed by atoms with Gasteiger partial charge in [-0.25, -0.2) is 0 Å². The molecule has 202 valence electrons. The monoisotopic (exact) mass is 532 g/mol. The zero-order chi connectivity index (χ0) is 26.3. The standard InChI is InChI=1S/C26H45O7PS/c1-4-7-10-13-16-34(17-14-11-8-5-2,18-15-12-9-6-3)33-35(31,32)24-20-22(25(27)28)19-23(21-24)26(29)30/h19-21,34H,4-18H2,1-3H3,(H,27,28)(H,29,30). The van der Waals surface area contributed by atoms with Crippen LogP contribution in [0.4, 0.5) is 0 Å². The molecule has 0 aliphatic carbocycles. The van der Waals surface area contributed by atoms with Crippen LogP contribution in [-0.2, 0) is 14.1 Å². The molecule has 35 heavy (non-hydrogen) atoms. The summed E-state index contributed by atoms with van der Waals surface area (Å²) < 4.78 is 33.1.